The van der Waals surface area contributed by atoms with E-state index in [9.17, 15) is 9.59 Å². The molecule has 1 aliphatic heterocycles. The van der Waals surface area contributed by atoms with Crippen molar-refractivity contribution in [2.45, 2.75) is 19.3 Å². The number of rotatable bonds is 8. The lowest BCUT2D eigenvalue weighted by atomic mass is 9.85. The van der Waals surface area contributed by atoms with Crippen LogP contribution in [0.25, 0.3) is 0 Å². The lowest BCUT2D eigenvalue weighted by molar-refractivity contribution is -0.140. The summed E-state index contributed by atoms with van der Waals surface area (Å²) in [5.74, 6) is 2.30. The molecule has 3 aliphatic rings. The largest absolute Gasteiger partial charge is 0.356 e. The first-order chi connectivity index (χ1) is 12.2. The Morgan fingerprint density at radius 3 is 2.40 bits per heavy atom. The van der Waals surface area contributed by atoms with E-state index in [1.54, 1.807) is 7.05 Å². The molecule has 4 unspecified atom stereocenters. The van der Waals surface area contributed by atoms with E-state index >= 15 is 0 Å². The zero-order chi connectivity index (χ0) is 17.8. The van der Waals surface area contributed by atoms with Crippen LogP contribution in [-0.2, 0) is 9.59 Å². The van der Waals surface area contributed by atoms with Crippen molar-refractivity contribution < 1.29 is 9.59 Å². The van der Waals surface area contributed by atoms with Gasteiger partial charge in [0.15, 0.2) is 5.96 Å². The van der Waals surface area contributed by atoms with Gasteiger partial charge in [-0.3, -0.25) is 19.5 Å². The molecule has 3 rings (SSSR count). The molecule has 25 heavy (non-hydrogen) atoms. The van der Waals surface area contributed by atoms with Gasteiger partial charge in [-0.2, -0.15) is 11.8 Å². The number of carbonyl (C=O) groups is 2. The minimum Gasteiger partial charge on any atom is -0.356 e. The van der Waals surface area contributed by atoms with E-state index in [4.69, 9.17) is 0 Å². The lowest BCUT2D eigenvalue weighted by Gasteiger charge is -2.18. The topological polar surface area (TPSA) is 73.8 Å². The normalized spacial score (nSPS) is 30.3. The van der Waals surface area contributed by atoms with E-state index in [1.807, 2.05) is 11.8 Å². The molecule has 0 radical (unpaired) electrons. The maximum atomic E-state index is 12.6. The summed E-state index contributed by atoms with van der Waals surface area (Å²) in [5, 5.41) is 6.48. The van der Waals surface area contributed by atoms with Crippen LogP contribution in [0.4, 0.5) is 0 Å². The van der Waals surface area contributed by atoms with Gasteiger partial charge in [-0.1, -0.05) is 12.2 Å². The van der Waals surface area contributed by atoms with Crippen LogP contribution >= 0.6 is 11.8 Å². The zero-order valence-electron chi connectivity index (χ0n) is 15.0. The second kappa shape index (κ2) is 8.25. The van der Waals surface area contributed by atoms with E-state index in [0.717, 1.165) is 25.3 Å². The predicted octanol–water partition coefficient (Wildman–Crippen LogP) is 1.10. The fourth-order valence-electron chi connectivity index (χ4n) is 4.27. The number of unbranched alkanes of at least 4 members (excludes halogenated alkanes) is 1. The molecule has 2 fully saturated rings. The van der Waals surface area contributed by atoms with Crippen molar-refractivity contribution in [2.75, 3.05) is 38.7 Å². The van der Waals surface area contributed by atoms with Gasteiger partial charge in [-0.05, 0) is 43.1 Å². The standard InChI is InChI=1S/C18H28N4O2S/c1-19-18(20-7-3-4-10-25-2)21-8-9-22-16(23)14-12-5-6-13(11-12)15(14)17(22)24/h5-6,12-15H,3-4,7-11H2,1-2H3,(H2,19,20,21). The molecule has 2 bridgehead atoms. The van der Waals surface area contributed by atoms with Gasteiger partial charge in [0.2, 0.25) is 11.8 Å². The number of carbonyl (C=O) groups excluding carboxylic acids is 2. The first-order valence-electron chi connectivity index (χ1n) is 9.14. The second-order valence-corrected chi connectivity index (χ2v) is 7.94. The van der Waals surface area contributed by atoms with Gasteiger partial charge in [-0.25, -0.2) is 0 Å². The highest BCUT2D eigenvalue weighted by Gasteiger charge is 2.58. The Kier molecular flexibility index (Phi) is 6.04. The maximum Gasteiger partial charge on any atom is 0.233 e. The monoisotopic (exact) mass is 364 g/mol. The molecule has 2 aliphatic carbocycles. The number of amides is 2. The molecular formula is C18H28N4O2S. The molecular weight excluding hydrogens is 336 g/mol. The maximum absolute atomic E-state index is 12.6. The van der Waals surface area contributed by atoms with E-state index in [-0.39, 0.29) is 35.5 Å². The van der Waals surface area contributed by atoms with Crippen molar-refractivity contribution in [1.29, 1.82) is 0 Å². The van der Waals surface area contributed by atoms with Crippen LogP contribution in [0.5, 0.6) is 0 Å². The highest BCUT2D eigenvalue weighted by molar-refractivity contribution is 7.98. The first kappa shape index (κ1) is 18.3. The molecule has 4 atom stereocenters. The summed E-state index contributed by atoms with van der Waals surface area (Å²) in [5.41, 5.74) is 0. The Morgan fingerprint density at radius 2 is 1.80 bits per heavy atom. The number of nitrogens with zero attached hydrogens (tertiary/aromatic N) is 2. The second-order valence-electron chi connectivity index (χ2n) is 6.95. The molecule has 0 aromatic rings. The summed E-state index contributed by atoms with van der Waals surface area (Å²) >= 11 is 1.86. The molecule has 6 nitrogen and oxygen atoms in total. The van der Waals surface area contributed by atoms with Gasteiger partial charge in [0.1, 0.15) is 0 Å². The first-order valence-corrected chi connectivity index (χ1v) is 10.5. The number of hydrogen-bond donors (Lipinski definition) is 2. The Balaban J connectivity index is 1.42. The van der Waals surface area contributed by atoms with Gasteiger partial charge in [0, 0.05) is 26.7 Å². The van der Waals surface area contributed by atoms with Crippen LogP contribution in [0.3, 0.4) is 0 Å². The SMILES string of the molecule is CN=C(NCCCCSC)NCCN1C(=O)C2C3C=CC(C3)C2C1=O. The van der Waals surface area contributed by atoms with Gasteiger partial charge in [-0.15, -0.1) is 0 Å². The number of hydrogen-bond acceptors (Lipinski definition) is 4. The number of nitrogens with one attached hydrogen (secondary N) is 2. The third-order valence-electron chi connectivity index (χ3n) is 5.48. The highest BCUT2D eigenvalue weighted by atomic mass is 32.2. The number of fused-ring (bicyclic) bond motifs is 5. The van der Waals surface area contributed by atoms with Gasteiger partial charge < -0.3 is 10.6 Å². The number of guanidine groups is 1. The van der Waals surface area contributed by atoms with Crippen molar-refractivity contribution >= 4 is 29.5 Å². The highest BCUT2D eigenvalue weighted by Crippen LogP contribution is 2.52. The van der Waals surface area contributed by atoms with Gasteiger partial charge >= 0.3 is 0 Å². The summed E-state index contributed by atoms with van der Waals surface area (Å²) in [7, 11) is 1.73. The molecule has 1 saturated heterocycles. The average molecular weight is 365 g/mol. The van der Waals surface area contributed by atoms with Gasteiger partial charge in [0.05, 0.1) is 11.8 Å². The van der Waals surface area contributed by atoms with Crippen LogP contribution in [0, 0.1) is 23.7 Å². The number of aliphatic imine (C=N–C) groups is 1. The third kappa shape index (κ3) is 3.71. The number of likely N-dealkylation sites (tertiary alicyclic amines) is 1. The van der Waals surface area contributed by atoms with Crippen LogP contribution in [0.2, 0.25) is 0 Å². The predicted molar refractivity (Wildman–Crippen MR) is 101 cm³/mol. The minimum atomic E-state index is -0.101. The summed E-state index contributed by atoms with van der Waals surface area (Å²) in [4.78, 5) is 30.8. The molecule has 138 valence electrons. The van der Waals surface area contributed by atoms with Crippen molar-refractivity contribution in [2.24, 2.45) is 28.7 Å². The molecule has 2 amide bonds. The molecule has 0 spiro atoms. The van der Waals surface area contributed by atoms with E-state index in [0.29, 0.717) is 13.1 Å². The Hall–Kier alpha value is -1.50. The summed E-state index contributed by atoms with van der Waals surface area (Å²) < 4.78 is 0. The average Bonchev–Trinajstić information content (AvgIpc) is 3.29. The smallest absolute Gasteiger partial charge is 0.233 e. The summed E-state index contributed by atoms with van der Waals surface area (Å²) in [6.07, 6.45) is 9.63. The zero-order valence-corrected chi connectivity index (χ0v) is 15.8. The summed E-state index contributed by atoms with van der Waals surface area (Å²) in [6, 6.07) is 0. The minimum absolute atomic E-state index is 0.0219. The molecule has 0 aromatic carbocycles. The number of imide groups is 1. The third-order valence-corrected chi connectivity index (χ3v) is 6.18. The van der Waals surface area contributed by atoms with Crippen molar-refractivity contribution in [3.8, 4) is 0 Å². The van der Waals surface area contributed by atoms with E-state index < -0.39 is 0 Å². The quantitative estimate of drug-likeness (QED) is 0.222. The van der Waals surface area contributed by atoms with Crippen LogP contribution in [-0.4, -0.2) is 61.4 Å². The molecule has 2 N–H and O–H groups in total. The van der Waals surface area contributed by atoms with Crippen LogP contribution in [0.1, 0.15) is 19.3 Å². The summed E-state index contributed by atoms with van der Waals surface area (Å²) in [6.45, 7) is 1.82. The van der Waals surface area contributed by atoms with Crippen LogP contribution in [0.15, 0.2) is 17.1 Å². The fourth-order valence-corrected chi connectivity index (χ4v) is 4.76. The van der Waals surface area contributed by atoms with Crippen molar-refractivity contribution in [3.05, 3.63) is 12.2 Å². The number of thioether (sulfide) groups is 1. The van der Waals surface area contributed by atoms with E-state index in [2.05, 4.69) is 34.0 Å². The fraction of sp³-hybridized carbons (Fsp3) is 0.722. The Labute approximate surface area is 153 Å². The Bertz CT molecular complexity index is 547. The number of allylic oxidation sites excluding steroid dienone is 2. The van der Waals surface area contributed by atoms with Crippen molar-refractivity contribution in [1.82, 2.24) is 15.5 Å². The Morgan fingerprint density at radius 1 is 1.16 bits per heavy atom. The molecule has 1 saturated carbocycles. The molecule has 0 aromatic heterocycles. The van der Waals surface area contributed by atoms with Crippen molar-refractivity contribution in [3.63, 3.8) is 0 Å². The van der Waals surface area contributed by atoms with Gasteiger partial charge in [0.25, 0.3) is 0 Å². The molecule has 1 heterocycles. The lowest BCUT2D eigenvalue weighted by Crippen LogP contribution is -2.43. The molecule has 7 heteroatoms. The van der Waals surface area contributed by atoms with Crippen LogP contribution < -0.4 is 10.6 Å². The van der Waals surface area contributed by atoms with E-state index in [1.165, 1.54) is 17.1 Å².